The van der Waals surface area contributed by atoms with Crippen LogP contribution in [0.25, 0.3) is 0 Å². The lowest BCUT2D eigenvalue weighted by molar-refractivity contribution is -0.113. The maximum absolute atomic E-state index is 12.0. The zero-order valence-electron chi connectivity index (χ0n) is 14.0. The summed E-state index contributed by atoms with van der Waals surface area (Å²) in [6.45, 7) is 2.05. The minimum absolute atomic E-state index is 0.0686. The second-order valence-electron chi connectivity index (χ2n) is 6.21. The van der Waals surface area contributed by atoms with Crippen LogP contribution in [0.1, 0.15) is 31.2 Å². The van der Waals surface area contributed by atoms with Crippen LogP contribution in [0.5, 0.6) is 11.5 Å². The highest BCUT2D eigenvalue weighted by Crippen LogP contribution is 2.29. The summed E-state index contributed by atoms with van der Waals surface area (Å²) in [7, 11) is 0. The van der Waals surface area contributed by atoms with Crippen LogP contribution >= 0.6 is 11.8 Å². The lowest BCUT2D eigenvalue weighted by Gasteiger charge is -2.10. The molecule has 3 nitrogen and oxygen atoms in total. The number of hydrogen-bond acceptors (Lipinski definition) is 3. The second kappa shape index (κ2) is 8.25. The highest BCUT2D eigenvalue weighted by molar-refractivity contribution is 8.00. The number of rotatable bonds is 6. The molecule has 0 atom stereocenters. The number of carbonyl (C=O) groups excluding carboxylic acids is 1. The van der Waals surface area contributed by atoms with Crippen LogP contribution in [0.4, 0.5) is 5.69 Å². The number of benzene rings is 2. The van der Waals surface area contributed by atoms with Gasteiger partial charge in [-0.15, -0.1) is 11.8 Å². The molecule has 0 saturated heterocycles. The first-order valence-corrected chi connectivity index (χ1v) is 9.50. The molecule has 1 N–H and O–H groups in total. The van der Waals surface area contributed by atoms with E-state index >= 15 is 0 Å². The van der Waals surface area contributed by atoms with E-state index in [0.717, 1.165) is 17.2 Å². The summed E-state index contributed by atoms with van der Waals surface area (Å²) < 4.78 is 5.79. The fourth-order valence-corrected chi connectivity index (χ4v) is 3.92. The largest absolute Gasteiger partial charge is 0.457 e. The van der Waals surface area contributed by atoms with Crippen LogP contribution in [-0.2, 0) is 4.79 Å². The molecule has 0 heterocycles. The maximum atomic E-state index is 12.0. The maximum Gasteiger partial charge on any atom is 0.234 e. The van der Waals surface area contributed by atoms with Crippen LogP contribution in [0.2, 0.25) is 0 Å². The molecule has 1 fully saturated rings. The SMILES string of the molecule is Cc1ccc(Oc2ccc(NC(=O)CSC3CCCC3)cc2)cc1. The summed E-state index contributed by atoms with van der Waals surface area (Å²) in [4.78, 5) is 12.0. The Balaban J connectivity index is 1.48. The van der Waals surface area contributed by atoms with Gasteiger partial charge in [-0.05, 0) is 56.2 Å². The Morgan fingerprint density at radius 1 is 1.04 bits per heavy atom. The van der Waals surface area contributed by atoms with Crippen molar-refractivity contribution in [1.82, 2.24) is 0 Å². The van der Waals surface area contributed by atoms with Crippen molar-refractivity contribution in [3.05, 3.63) is 54.1 Å². The number of hydrogen-bond donors (Lipinski definition) is 1. The molecule has 3 rings (SSSR count). The van der Waals surface area contributed by atoms with E-state index in [1.807, 2.05) is 55.5 Å². The van der Waals surface area contributed by atoms with Crippen LogP contribution in [0.15, 0.2) is 48.5 Å². The molecule has 2 aromatic rings. The molecular formula is C20H23NO2S. The van der Waals surface area contributed by atoms with E-state index in [2.05, 4.69) is 5.32 Å². The zero-order valence-corrected chi connectivity index (χ0v) is 14.8. The number of ether oxygens (including phenoxy) is 1. The summed E-state index contributed by atoms with van der Waals surface area (Å²) in [6.07, 6.45) is 5.12. The van der Waals surface area contributed by atoms with Gasteiger partial charge in [0.25, 0.3) is 0 Å². The summed E-state index contributed by atoms with van der Waals surface area (Å²) in [5, 5.41) is 3.62. The first-order chi connectivity index (χ1) is 11.7. The number of aryl methyl sites for hydroxylation is 1. The molecule has 2 aromatic carbocycles. The molecule has 1 aliphatic carbocycles. The average molecular weight is 341 g/mol. The van der Waals surface area contributed by atoms with E-state index in [9.17, 15) is 4.79 Å². The quantitative estimate of drug-likeness (QED) is 0.764. The van der Waals surface area contributed by atoms with Crippen molar-refractivity contribution in [2.45, 2.75) is 37.9 Å². The standard InChI is InChI=1S/C20H23NO2S/c1-15-6-10-17(11-7-15)23-18-12-8-16(9-13-18)21-20(22)14-24-19-4-2-3-5-19/h6-13,19H,2-5,14H2,1H3,(H,21,22). The van der Waals surface area contributed by atoms with Gasteiger partial charge in [-0.25, -0.2) is 0 Å². The molecule has 1 amide bonds. The molecule has 0 aliphatic heterocycles. The number of amides is 1. The van der Waals surface area contributed by atoms with Crippen molar-refractivity contribution in [3.8, 4) is 11.5 Å². The third-order valence-corrected chi connectivity index (χ3v) is 5.52. The number of thioether (sulfide) groups is 1. The van der Waals surface area contributed by atoms with Gasteiger partial charge in [0.1, 0.15) is 11.5 Å². The van der Waals surface area contributed by atoms with Gasteiger partial charge in [0.2, 0.25) is 5.91 Å². The molecule has 0 aromatic heterocycles. The molecule has 1 saturated carbocycles. The molecule has 4 heteroatoms. The highest BCUT2D eigenvalue weighted by Gasteiger charge is 2.16. The van der Waals surface area contributed by atoms with Gasteiger partial charge in [-0.3, -0.25) is 4.79 Å². The topological polar surface area (TPSA) is 38.3 Å². The Kier molecular flexibility index (Phi) is 5.81. The van der Waals surface area contributed by atoms with Gasteiger partial charge in [0, 0.05) is 10.9 Å². The van der Waals surface area contributed by atoms with Crippen LogP contribution in [-0.4, -0.2) is 16.9 Å². The van der Waals surface area contributed by atoms with Crippen molar-refractivity contribution >= 4 is 23.4 Å². The van der Waals surface area contributed by atoms with Crippen LogP contribution < -0.4 is 10.1 Å². The second-order valence-corrected chi connectivity index (χ2v) is 7.49. The lowest BCUT2D eigenvalue weighted by atomic mass is 10.2. The smallest absolute Gasteiger partial charge is 0.234 e. The average Bonchev–Trinajstić information content (AvgIpc) is 3.10. The zero-order chi connectivity index (χ0) is 16.8. The molecule has 24 heavy (non-hydrogen) atoms. The predicted octanol–water partition coefficient (Wildman–Crippen LogP) is 5.40. The number of anilines is 1. The predicted molar refractivity (Wildman–Crippen MR) is 101 cm³/mol. The van der Waals surface area contributed by atoms with Gasteiger partial charge in [-0.1, -0.05) is 30.5 Å². The van der Waals surface area contributed by atoms with Gasteiger partial charge in [0.15, 0.2) is 0 Å². The molecular weight excluding hydrogens is 318 g/mol. The van der Waals surface area contributed by atoms with Crippen LogP contribution in [0.3, 0.4) is 0 Å². The normalized spacial score (nSPS) is 14.5. The fraction of sp³-hybridized carbons (Fsp3) is 0.350. The van der Waals surface area contributed by atoms with E-state index in [1.54, 1.807) is 11.8 Å². The minimum atomic E-state index is 0.0686. The Labute approximate surface area is 147 Å². The molecule has 126 valence electrons. The third-order valence-electron chi connectivity index (χ3n) is 4.15. The van der Waals surface area contributed by atoms with E-state index in [0.29, 0.717) is 11.0 Å². The summed E-state index contributed by atoms with van der Waals surface area (Å²) in [5.74, 6) is 2.17. The van der Waals surface area contributed by atoms with Crippen molar-refractivity contribution in [1.29, 1.82) is 0 Å². The Bertz CT molecular complexity index is 661. The summed E-state index contributed by atoms with van der Waals surface area (Å²) >= 11 is 1.78. The molecule has 0 spiro atoms. The van der Waals surface area contributed by atoms with Gasteiger partial charge in [-0.2, -0.15) is 0 Å². The van der Waals surface area contributed by atoms with Crippen molar-refractivity contribution in [3.63, 3.8) is 0 Å². The van der Waals surface area contributed by atoms with Gasteiger partial charge < -0.3 is 10.1 Å². The lowest BCUT2D eigenvalue weighted by Crippen LogP contribution is -2.15. The highest BCUT2D eigenvalue weighted by atomic mass is 32.2. The fourth-order valence-electron chi connectivity index (χ4n) is 2.79. The van der Waals surface area contributed by atoms with Gasteiger partial charge >= 0.3 is 0 Å². The van der Waals surface area contributed by atoms with Crippen molar-refractivity contribution in [2.24, 2.45) is 0 Å². The first kappa shape index (κ1) is 16.9. The molecule has 0 unspecified atom stereocenters. The van der Waals surface area contributed by atoms with E-state index in [-0.39, 0.29) is 5.91 Å². The summed E-state index contributed by atoms with van der Waals surface area (Å²) in [5.41, 5.74) is 2.01. The first-order valence-electron chi connectivity index (χ1n) is 8.45. The summed E-state index contributed by atoms with van der Waals surface area (Å²) in [6, 6.07) is 15.4. The number of carbonyl (C=O) groups is 1. The molecule has 0 bridgehead atoms. The van der Waals surface area contributed by atoms with Crippen molar-refractivity contribution in [2.75, 3.05) is 11.1 Å². The van der Waals surface area contributed by atoms with Crippen molar-refractivity contribution < 1.29 is 9.53 Å². The molecule has 0 radical (unpaired) electrons. The third kappa shape index (κ3) is 5.03. The van der Waals surface area contributed by atoms with E-state index in [1.165, 1.54) is 31.2 Å². The monoisotopic (exact) mass is 341 g/mol. The van der Waals surface area contributed by atoms with E-state index < -0.39 is 0 Å². The number of nitrogens with one attached hydrogen (secondary N) is 1. The van der Waals surface area contributed by atoms with Gasteiger partial charge in [0.05, 0.1) is 5.75 Å². The Hall–Kier alpha value is -1.94. The Morgan fingerprint density at radius 2 is 1.62 bits per heavy atom. The van der Waals surface area contributed by atoms with E-state index in [4.69, 9.17) is 4.74 Å². The van der Waals surface area contributed by atoms with Crippen LogP contribution in [0, 0.1) is 6.92 Å². The Morgan fingerprint density at radius 3 is 2.25 bits per heavy atom. The minimum Gasteiger partial charge on any atom is -0.457 e. The molecule has 1 aliphatic rings.